The second kappa shape index (κ2) is 6.65. The Hall–Kier alpha value is -3.38. The number of amides is 1. The molecule has 0 unspecified atom stereocenters. The fourth-order valence-corrected chi connectivity index (χ4v) is 3.52. The predicted octanol–water partition coefficient (Wildman–Crippen LogP) is 4.97. The lowest BCUT2D eigenvalue weighted by atomic mass is 9.94. The number of rotatable bonds is 3. The third kappa shape index (κ3) is 2.97. The van der Waals surface area contributed by atoms with Crippen LogP contribution >= 0.6 is 11.6 Å². The third-order valence-corrected chi connectivity index (χ3v) is 4.85. The van der Waals surface area contributed by atoms with Gasteiger partial charge in [-0.3, -0.25) is 4.79 Å². The molecule has 3 N–H and O–H groups in total. The van der Waals surface area contributed by atoms with Crippen molar-refractivity contribution >= 4 is 40.8 Å². The monoisotopic (exact) mass is 396 g/mol. The van der Waals surface area contributed by atoms with Crippen LogP contribution in [0.3, 0.4) is 0 Å². The van der Waals surface area contributed by atoms with Crippen LogP contribution in [-0.4, -0.2) is 22.0 Å². The van der Waals surface area contributed by atoms with Crippen molar-refractivity contribution in [3.8, 4) is 11.1 Å². The molecule has 0 bridgehead atoms. The number of fused-ring (bicyclic) bond motifs is 1. The average Bonchev–Trinajstić information content (AvgIpc) is 3.17. The highest BCUT2D eigenvalue weighted by atomic mass is 35.5. The van der Waals surface area contributed by atoms with Crippen LogP contribution in [0.1, 0.15) is 27.3 Å². The molecule has 0 fully saturated rings. The van der Waals surface area contributed by atoms with E-state index in [1.807, 2.05) is 0 Å². The fourth-order valence-electron chi connectivity index (χ4n) is 3.34. The van der Waals surface area contributed by atoms with Gasteiger partial charge in [0.15, 0.2) is 0 Å². The summed E-state index contributed by atoms with van der Waals surface area (Å²) in [6.07, 6.45) is 1.52. The van der Waals surface area contributed by atoms with Crippen molar-refractivity contribution in [3.63, 3.8) is 0 Å². The quantitative estimate of drug-likeness (QED) is 0.546. The molecular formula is C21H14ClFN2O3. The van der Waals surface area contributed by atoms with E-state index in [1.165, 1.54) is 24.3 Å². The molecule has 2 heterocycles. The number of aryl methyl sites for hydroxylation is 1. The lowest BCUT2D eigenvalue weighted by Crippen LogP contribution is -2.04. The molecule has 5 nitrogen and oxygen atoms in total. The molecule has 140 valence electrons. The van der Waals surface area contributed by atoms with E-state index in [4.69, 9.17) is 11.6 Å². The zero-order valence-electron chi connectivity index (χ0n) is 14.6. The topological polar surface area (TPSA) is 82.2 Å². The molecule has 1 aliphatic heterocycles. The van der Waals surface area contributed by atoms with Gasteiger partial charge in [0.05, 0.1) is 21.9 Å². The fraction of sp³-hybridized carbons (Fsp3) is 0.0476. The van der Waals surface area contributed by atoms with Crippen LogP contribution in [0.5, 0.6) is 0 Å². The van der Waals surface area contributed by atoms with Gasteiger partial charge in [0.1, 0.15) is 5.82 Å². The Bertz CT molecular complexity index is 1180. The van der Waals surface area contributed by atoms with Gasteiger partial charge in [-0.15, -0.1) is 0 Å². The number of H-pyrrole nitrogens is 1. The summed E-state index contributed by atoms with van der Waals surface area (Å²) >= 11 is 5.93. The van der Waals surface area contributed by atoms with Gasteiger partial charge in [-0.25, -0.2) is 9.18 Å². The van der Waals surface area contributed by atoms with Gasteiger partial charge >= 0.3 is 5.97 Å². The van der Waals surface area contributed by atoms with Gasteiger partial charge < -0.3 is 15.4 Å². The summed E-state index contributed by atoms with van der Waals surface area (Å²) in [5, 5.41) is 12.2. The maximum Gasteiger partial charge on any atom is 0.337 e. The Balaban J connectivity index is 1.92. The highest BCUT2D eigenvalue weighted by Crippen LogP contribution is 2.41. The SMILES string of the molecule is Cc1cc(C(=O)O)c(/C=C2\C(=O)Nc3cccc(-c4ccc(F)c(Cl)c4)c32)[nH]1. The maximum absolute atomic E-state index is 13.6. The molecule has 1 aromatic heterocycles. The number of aromatic carboxylic acids is 1. The largest absolute Gasteiger partial charge is 0.478 e. The standard InChI is InChI=1S/C21H14ClFN2O3/c1-10-7-13(21(27)28)18(24-10)9-14-19-12(3-2-4-17(19)25-20(14)26)11-5-6-16(23)15(22)8-11/h2-9,24H,1H3,(H,25,26)(H,27,28)/b14-9-. The smallest absolute Gasteiger partial charge is 0.337 e. The van der Waals surface area contributed by atoms with Gasteiger partial charge in [-0.2, -0.15) is 0 Å². The third-order valence-electron chi connectivity index (χ3n) is 4.56. The molecule has 0 saturated carbocycles. The summed E-state index contributed by atoms with van der Waals surface area (Å²) < 4.78 is 13.6. The lowest BCUT2D eigenvalue weighted by Gasteiger charge is -2.09. The first-order chi connectivity index (χ1) is 13.3. The van der Waals surface area contributed by atoms with Crippen LogP contribution in [0.2, 0.25) is 5.02 Å². The number of aromatic amines is 1. The van der Waals surface area contributed by atoms with Gasteiger partial charge in [0, 0.05) is 16.9 Å². The molecule has 0 spiro atoms. The molecule has 1 amide bonds. The average molecular weight is 397 g/mol. The van der Waals surface area contributed by atoms with E-state index in [0.717, 1.165) is 0 Å². The minimum atomic E-state index is -1.09. The summed E-state index contributed by atoms with van der Waals surface area (Å²) in [6, 6.07) is 11.2. The van der Waals surface area contributed by atoms with E-state index in [1.54, 1.807) is 31.2 Å². The van der Waals surface area contributed by atoms with Crippen molar-refractivity contribution in [1.29, 1.82) is 0 Å². The normalized spacial score (nSPS) is 14.2. The zero-order chi connectivity index (χ0) is 20.0. The molecular weight excluding hydrogens is 383 g/mol. The van der Waals surface area contributed by atoms with Crippen molar-refractivity contribution in [3.05, 3.63) is 75.8 Å². The minimum Gasteiger partial charge on any atom is -0.478 e. The number of hydrogen-bond donors (Lipinski definition) is 3. The molecule has 0 radical (unpaired) electrons. The Labute approximate surface area is 164 Å². The molecule has 1 aliphatic rings. The van der Waals surface area contributed by atoms with E-state index < -0.39 is 11.8 Å². The number of anilines is 1. The highest BCUT2D eigenvalue weighted by Gasteiger charge is 2.28. The zero-order valence-corrected chi connectivity index (χ0v) is 15.4. The van der Waals surface area contributed by atoms with Crippen LogP contribution in [-0.2, 0) is 4.79 Å². The van der Waals surface area contributed by atoms with E-state index >= 15 is 0 Å². The summed E-state index contributed by atoms with van der Waals surface area (Å²) in [5.41, 5.74) is 3.92. The van der Waals surface area contributed by atoms with Crippen molar-refractivity contribution < 1.29 is 19.1 Å². The van der Waals surface area contributed by atoms with Gasteiger partial charge in [0.25, 0.3) is 5.91 Å². The molecule has 28 heavy (non-hydrogen) atoms. The Kier molecular flexibility index (Phi) is 4.28. The molecule has 2 aromatic carbocycles. The first-order valence-electron chi connectivity index (χ1n) is 8.40. The number of aromatic nitrogens is 1. The summed E-state index contributed by atoms with van der Waals surface area (Å²) in [6.45, 7) is 1.74. The maximum atomic E-state index is 13.6. The van der Waals surface area contributed by atoms with Crippen molar-refractivity contribution in [2.24, 2.45) is 0 Å². The molecule has 3 aromatic rings. The molecule has 0 aliphatic carbocycles. The number of halogens is 2. The summed E-state index contributed by atoms with van der Waals surface area (Å²) in [5.74, 6) is -1.97. The Morgan fingerprint density at radius 1 is 1.21 bits per heavy atom. The van der Waals surface area contributed by atoms with E-state index in [0.29, 0.717) is 39.3 Å². The van der Waals surface area contributed by atoms with Crippen molar-refractivity contribution in [1.82, 2.24) is 4.98 Å². The van der Waals surface area contributed by atoms with E-state index in [-0.39, 0.29) is 16.5 Å². The number of carboxylic acids is 1. The summed E-state index contributed by atoms with van der Waals surface area (Å²) in [7, 11) is 0. The second-order valence-electron chi connectivity index (χ2n) is 6.45. The van der Waals surface area contributed by atoms with Crippen LogP contribution in [0.15, 0.2) is 42.5 Å². The van der Waals surface area contributed by atoms with Gasteiger partial charge in [-0.05, 0) is 48.4 Å². The van der Waals surface area contributed by atoms with Crippen molar-refractivity contribution in [2.75, 3.05) is 5.32 Å². The van der Waals surface area contributed by atoms with Crippen LogP contribution in [0.4, 0.5) is 10.1 Å². The number of carbonyl (C=O) groups excluding carboxylic acids is 1. The molecule has 4 rings (SSSR count). The predicted molar refractivity (Wildman–Crippen MR) is 106 cm³/mol. The van der Waals surface area contributed by atoms with Gasteiger partial charge in [0.2, 0.25) is 0 Å². The van der Waals surface area contributed by atoms with Crippen LogP contribution in [0, 0.1) is 12.7 Å². The van der Waals surface area contributed by atoms with Crippen molar-refractivity contribution in [2.45, 2.75) is 6.92 Å². The Morgan fingerprint density at radius 2 is 2.00 bits per heavy atom. The Morgan fingerprint density at radius 3 is 2.71 bits per heavy atom. The van der Waals surface area contributed by atoms with E-state index in [2.05, 4.69) is 10.3 Å². The molecule has 0 saturated heterocycles. The van der Waals surface area contributed by atoms with E-state index in [9.17, 15) is 19.1 Å². The molecule has 0 atom stereocenters. The first kappa shape index (κ1) is 18.0. The highest BCUT2D eigenvalue weighted by molar-refractivity contribution is 6.36. The van der Waals surface area contributed by atoms with Gasteiger partial charge in [-0.1, -0.05) is 29.8 Å². The number of nitrogens with one attached hydrogen (secondary N) is 2. The second-order valence-corrected chi connectivity index (χ2v) is 6.86. The lowest BCUT2D eigenvalue weighted by molar-refractivity contribution is -0.110. The number of benzene rings is 2. The minimum absolute atomic E-state index is 0.0222. The van der Waals surface area contributed by atoms with Crippen LogP contribution in [0.25, 0.3) is 22.8 Å². The van der Waals surface area contributed by atoms with Crippen LogP contribution < -0.4 is 5.32 Å². The summed E-state index contributed by atoms with van der Waals surface area (Å²) in [4.78, 5) is 27.1. The molecule has 7 heteroatoms. The first-order valence-corrected chi connectivity index (χ1v) is 8.77. The number of hydrogen-bond acceptors (Lipinski definition) is 2. The number of carboxylic acid groups (broad SMARTS) is 1. The number of carbonyl (C=O) groups is 2.